The van der Waals surface area contributed by atoms with Gasteiger partial charge in [0.2, 0.25) is 5.91 Å². The lowest BCUT2D eigenvalue weighted by Crippen LogP contribution is -2.34. The van der Waals surface area contributed by atoms with E-state index >= 15 is 0 Å². The number of amides is 1. The first-order valence-electron chi connectivity index (χ1n) is 5.24. The molecule has 4 nitrogen and oxygen atoms in total. The molecule has 16 heavy (non-hydrogen) atoms. The van der Waals surface area contributed by atoms with E-state index in [-0.39, 0.29) is 5.91 Å². The molecule has 0 aromatic heterocycles. The zero-order valence-corrected chi connectivity index (χ0v) is 9.78. The van der Waals surface area contributed by atoms with Gasteiger partial charge < -0.3 is 15.4 Å². The smallest absolute Gasteiger partial charge is 0.230 e. The van der Waals surface area contributed by atoms with E-state index in [1.807, 2.05) is 19.9 Å². The molecule has 4 heteroatoms. The fourth-order valence-electron chi connectivity index (χ4n) is 1.83. The predicted molar refractivity (Wildman–Crippen MR) is 63.6 cm³/mol. The summed E-state index contributed by atoms with van der Waals surface area (Å²) in [6.07, 6.45) is 0.359. The third kappa shape index (κ3) is 1.83. The molecule has 2 N–H and O–H groups in total. The standard InChI is InChI=1S/C12H16N2O2/c1-12(2)7-11(15)14(3)9-6-8(13)4-5-10(9)16-12/h4-6H,7,13H2,1-3H3. The average Bonchev–Trinajstić information content (AvgIpc) is 2.25. The summed E-state index contributed by atoms with van der Waals surface area (Å²) in [6.45, 7) is 3.81. The Kier molecular flexibility index (Phi) is 2.30. The lowest BCUT2D eigenvalue weighted by molar-refractivity contribution is -0.120. The van der Waals surface area contributed by atoms with Crippen LogP contribution >= 0.6 is 0 Å². The first-order chi connectivity index (χ1) is 7.39. The molecular weight excluding hydrogens is 204 g/mol. The van der Waals surface area contributed by atoms with Gasteiger partial charge in [0.25, 0.3) is 0 Å². The molecule has 1 aromatic rings. The zero-order chi connectivity index (χ0) is 11.9. The van der Waals surface area contributed by atoms with Crippen molar-refractivity contribution in [1.29, 1.82) is 0 Å². The largest absolute Gasteiger partial charge is 0.485 e. The normalized spacial score (nSPS) is 18.7. The van der Waals surface area contributed by atoms with Gasteiger partial charge in [0.15, 0.2) is 0 Å². The van der Waals surface area contributed by atoms with E-state index in [1.165, 1.54) is 0 Å². The molecule has 1 amide bonds. The summed E-state index contributed by atoms with van der Waals surface area (Å²) in [4.78, 5) is 13.5. The van der Waals surface area contributed by atoms with Crippen molar-refractivity contribution in [2.24, 2.45) is 0 Å². The van der Waals surface area contributed by atoms with Crippen molar-refractivity contribution in [2.75, 3.05) is 17.7 Å². The molecule has 1 heterocycles. The molecule has 1 aliphatic heterocycles. The number of nitrogen functional groups attached to an aromatic ring is 1. The first-order valence-corrected chi connectivity index (χ1v) is 5.24. The number of nitrogens with zero attached hydrogens (tertiary/aromatic N) is 1. The van der Waals surface area contributed by atoms with Gasteiger partial charge in [-0.2, -0.15) is 0 Å². The highest BCUT2D eigenvalue weighted by molar-refractivity contribution is 5.96. The van der Waals surface area contributed by atoms with Crippen LogP contribution in [-0.4, -0.2) is 18.6 Å². The summed E-state index contributed by atoms with van der Waals surface area (Å²) >= 11 is 0. The Morgan fingerprint density at radius 3 is 2.81 bits per heavy atom. The summed E-state index contributed by atoms with van der Waals surface area (Å²) in [7, 11) is 1.74. The molecule has 1 aliphatic rings. The maximum Gasteiger partial charge on any atom is 0.230 e. The van der Waals surface area contributed by atoms with Crippen LogP contribution in [0.15, 0.2) is 18.2 Å². The van der Waals surface area contributed by atoms with Crippen LogP contribution in [0.4, 0.5) is 11.4 Å². The number of hydrogen-bond acceptors (Lipinski definition) is 3. The molecule has 0 aliphatic carbocycles. The van der Waals surface area contributed by atoms with E-state index in [9.17, 15) is 4.79 Å². The minimum atomic E-state index is -0.479. The molecule has 0 saturated carbocycles. The lowest BCUT2D eigenvalue weighted by atomic mass is 10.1. The van der Waals surface area contributed by atoms with Crippen molar-refractivity contribution in [3.63, 3.8) is 0 Å². The van der Waals surface area contributed by atoms with Gasteiger partial charge in [-0.05, 0) is 32.0 Å². The zero-order valence-electron chi connectivity index (χ0n) is 9.78. The van der Waals surface area contributed by atoms with Gasteiger partial charge in [0.1, 0.15) is 11.4 Å². The van der Waals surface area contributed by atoms with E-state index in [4.69, 9.17) is 10.5 Å². The molecule has 0 atom stereocenters. The number of carbonyl (C=O) groups excluding carboxylic acids is 1. The molecule has 86 valence electrons. The van der Waals surface area contributed by atoms with Crippen LogP contribution in [-0.2, 0) is 4.79 Å². The minimum Gasteiger partial charge on any atom is -0.485 e. The van der Waals surface area contributed by atoms with Crippen LogP contribution in [0.5, 0.6) is 5.75 Å². The third-order valence-electron chi connectivity index (χ3n) is 2.68. The molecular formula is C12H16N2O2. The third-order valence-corrected chi connectivity index (χ3v) is 2.68. The van der Waals surface area contributed by atoms with Crippen LogP contribution in [0.3, 0.4) is 0 Å². The number of carbonyl (C=O) groups is 1. The molecule has 0 saturated heterocycles. The summed E-state index contributed by atoms with van der Waals surface area (Å²) in [5.41, 5.74) is 6.59. The average molecular weight is 220 g/mol. The van der Waals surface area contributed by atoms with Gasteiger partial charge in [-0.3, -0.25) is 4.79 Å². The fraction of sp³-hybridized carbons (Fsp3) is 0.417. The van der Waals surface area contributed by atoms with Gasteiger partial charge >= 0.3 is 0 Å². The number of rotatable bonds is 0. The van der Waals surface area contributed by atoms with Crippen molar-refractivity contribution in [3.05, 3.63) is 18.2 Å². The summed E-state index contributed by atoms with van der Waals surface area (Å²) in [5.74, 6) is 0.738. The number of benzene rings is 1. The number of ether oxygens (including phenoxy) is 1. The van der Waals surface area contributed by atoms with Crippen molar-refractivity contribution < 1.29 is 9.53 Å². The summed E-state index contributed by atoms with van der Waals surface area (Å²) in [6, 6.07) is 5.34. The van der Waals surface area contributed by atoms with E-state index in [1.54, 1.807) is 24.1 Å². The van der Waals surface area contributed by atoms with Crippen molar-refractivity contribution in [2.45, 2.75) is 25.9 Å². The van der Waals surface area contributed by atoms with E-state index < -0.39 is 5.60 Å². The Balaban J connectivity index is 2.54. The van der Waals surface area contributed by atoms with Gasteiger partial charge in [0, 0.05) is 12.7 Å². The van der Waals surface area contributed by atoms with Gasteiger partial charge in [0.05, 0.1) is 12.1 Å². The van der Waals surface area contributed by atoms with Gasteiger partial charge in [-0.1, -0.05) is 0 Å². The maximum atomic E-state index is 11.9. The SMILES string of the molecule is CN1C(=O)CC(C)(C)Oc2ccc(N)cc21. The van der Waals surface area contributed by atoms with E-state index in [0.717, 1.165) is 5.69 Å². The van der Waals surface area contributed by atoms with Crippen molar-refractivity contribution in [3.8, 4) is 5.75 Å². The van der Waals surface area contributed by atoms with E-state index in [2.05, 4.69) is 0 Å². The topological polar surface area (TPSA) is 55.6 Å². The van der Waals surface area contributed by atoms with Crippen molar-refractivity contribution in [1.82, 2.24) is 0 Å². The highest BCUT2D eigenvalue weighted by atomic mass is 16.5. The second-order valence-corrected chi connectivity index (χ2v) is 4.72. The highest BCUT2D eigenvalue weighted by Crippen LogP contribution is 2.36. The van der Waals surface area contributed by atoms with Crippen LogP contribution < -0.4 is 15.4 Å². The van der Waals surface area contributed by atoms with Gasteiger partial charge in [-0.15, -0.1) is 0 Å². The van der Waals surface area contributed by atoms with Crippen LogP contribution in [0.2, 0.25) is 0 Å². The lowest BCUT2D eigenvalue weighted by Gasteiger charge is -2.23. The number of nitrogens with two attached hydrogens (primary N) is 1. The summed E-state index contributed by atoms with van der Waals surface area (Å²) in [5, 5.41) is 0. The molecule has 0 radical (unpaired) electrons. The van der Waals surface area contributed by atoms with Gasteiger partial charge in [-0.25, -0.2) is 0 Å². The molecule has 0 fully saturated rings. The Bertz CT molecular complexity index is 441. The molecule has 0 unspecified atom stereocenters. The Labute approximate surface area is 95.0 Å². The summed E-state index contributed by atoms with van der Waals surface area (Å²) < 4.78 is 5.82. The fourth-order valence-corrected chi connectivity index (χ4v) is 1.83. The van der Waals surface area contributed by atoms with E-state index in [0.29, 0.717) is 17.9 Å². The molecule has 0 spiro atoms. The van der Waals surface area contributed by atoms with Crippen LogP contribution in [0, 0.1) is 0 Å². The Hall–Kier alpha value is -1.71. The van der Waals surface area contributed by atoms with Crippen molar-refractivity contribution >= 4 is 17.3 Å². The molecule has 0 bridgehead atoms. The van der Waals surface area contributed by atoms with Crippen LogP contribution in [0.25, 0.3) is 0 Å². The second kappa shape index (κ2) is 3.40. The molecule has 2 rings (SSSR count). The highest BCUT2D eigenvalue weighted by Gasteiger charge is 2.32. The molecule has 1 aromatic carbocycles. The maximum absolute atomic E-state index is 11.9. The Morgan fingerprint density at radius 2 is 2.12 bits per heavy atom. The monoisotopic (exact) mass is 220 g/mol. The van der Waals surface area contributed by atoms with Crippen LogP contribution in [0.1, 0.15) is 20.3 Å². The number of anilines is 2. The first kappa shape index (κ1) is 10.8. The number of fused-ring (bicyclic) bond motifs is 1. The number of hydrogen-bond donors (Lipinski definition) is 1. The predicted octanol–water partition coefficient (Wildman–Crippen LogP) is 1.79. The Morgan fingerprint density at radius 1 is 1.44 bits per heavy atom. The quantitative estimate of drug-likeness (QED) is 0.678. The minimum absolute atomic E-state index is 0.0364. The second-order valence-electron chi connectivity index (χ2n) is 4.72.